The maximum Gasteiger partial charge on any atom is 0.0750 e. The first-order valence-electron chi connectivity index (χ1n) is 4.98. The summed E-state index contributed by atoms with van der Waals surface area (Å²) in [6, 6.07) is 2.23. The van der Waals surface area contributed by atoms with Crippen LogP contribution in [0.1, 0.15) is 32.1 Å². The Balaban J connectivity index is 2.50. The minimum absolute atomic E-state index is 0.145. The second-order valence-electron chi connectivity index (χ2n) is 3.78. The predicted octanol–water partition coefficient (Wildman–Crippen LogP) is 2.25. The van der Waals surface area contributed by atoms with Crippen LogP contribution in [0.5, 0.6) is 0 Å². The Morgan fingerprint density at radius 3 is 2.92 bits per heavy atom. The third-order valence-electron chi connectivity index (χ3n) is 2.89. The van der Waals surface area contributed by atoms with Crippen molar-refractivity contribution in [3.05, 3.63) is 12.7 Å². The summed E-state index contributed by atoms with van der Waals surface area (Å²) in [6.07, 6.45) is 6.38. The van der Waals surface area contributed by atoms with Crippen LogP contribution in [-0.4, -0.2) is 11.2 Å². The highest BCUT2D eigenvalue weighted by Gasteiger charge is 2.31. The van der Waals surface area contributed by atoms with Crippen molar-refractivity contribution < 1.29 is 5.11 Å². The van der Waals surface area contributed by atoms with Crippen molar-refractivity contribution in [1.29, 1.82) is 5.26 Å². The van der Waals surface area contributed by atoms with Crippen molar-refractivity contribution in [2.24, 2.45) is 11.8 Å². The molecule has 0 bridgehead atoms. The molecule has 0 heterocycles. The molecule has 0 saturated heterocycles. The van der Waals surface area contributed by atoms with Gasteiger partial charge in [-0.3, -0.25) is 0 Å². The summed E-state index contributed by atoms with van der Waals surface area (Å²) >= 11 is 0. The molecular weight excluding hydrogens is 162 g/mol. The summed E-state index contributed by atoms with van der Waals surface area (Å²) in [6.45, 7) is 3.67. The van der Waals surface area contributed by atoms with Crippen molar-refractivity contribution in [1.82, 2.24) is 0 Å². The number of nitrogens with zero attached hydrogens (tertiary/aromatic N) is 1. The molecule has 1 saturated carbocycles. The molecule has 0 radical (unpaired) electrons. The molecule has 2 nitrogen and oxygen atoms in total. The molecule has 0 aliphatic heterocycles. The van der Waals surface area contributed by atoms with Crippen molar-refractivity contribution in [2.75, 3.05) is 0 Å². The van der Waals surface area contributed by atoms with Gasteiger partial charge >= 0.3 is 0 Å². The first-order chi connectivity index (χ1) is 6.29. The van der Waals surface area contributed by atoms with Gasteiger partial charge in [-0.25, -0.2) is 0 Å². The second-order valence-corrected chi connectivity index (χ2v) is 3.78. The molecule has 1 aliphatic rings. The van der Waals surface area contributed by atoms with Crippen molar-refractivity contribution in [2.45, 2.75) is 38.2 Å². The number of nitriles is 1. The minimum atomic E-state index is -0.395. The lowest BCUT2D eigenvalue weighted by Crippen LogP contribution is -2.31. The first kappa shape index (κ1) is 10.3. The first-order valence-corrected chi connectivity index (χ1v) is 4.98. The Bertz CT molecular complexity index is 207. The van der Waals surface area contributed by atoms with Crippen molar-refractivity contribution >= 4 is 0 Å². The van der Waals surface area contributed by atoms with Crippen LogP contribution >= 0.6 is 0 Å². The molecule has 3 unspecified atom stereocenters. The highest BCUT2D eigenvalue weighted by molar-refractivity contribution is 4.96. The number of hydrogen-bond donors (Lipinski definition) is 1. The summed E-state index contributed by atoms with van der Waals surface area (Å²) < 4.78 is 0. The van der Waals surface area contributed by atoms with Gasteiger partial charge in [0.2, 0.25) is 0 Å². The molecule has 1 aliphatic carbocycles. The molecule has 3 atom stereocenters. The molecule has 2 heteroatoms. The van der Waals surface area contributed by atoms with Gasteiger partial charge in [0, 0.05) is 0 Å². The third kappa shape index (κ3) is 2.57. The van der Waals surface area contributed by atoms with Gasteiger partial charge in [-0.1, -0.05) is 12.5 Å². The van der Waals surface area contributed by atoms with Crippen LogP contribution in [-0.2, 0) is 0 Å². The van der Waals surface area contributed by atoms with Crippen molar-refractivity contribution in [3.63, 3.8) is 0 Å². The minimum Gasteiger partial charge on any atom is -0.392 e. The summed E-state index contributed by atoms with van der Waals surface area (Å²) in [5, 5.41) is 18.5. The molecule has 0 aromatic rings. The maximum absolute atomic E-state index is 9.59. The fourth-order valence-corrected chi connectivity index (χ4v) is 2.11. The largest absolute Gasteiger partial charge is 0.392 e. The van der Waals surface area contributed by atoms with Gasteiger partial charge in [-0.15, -0.1) is 6.58 Å². The standard InChI is InChI=1S/C11H17NO/c1-2-3-5-9-6-4-7-11(13)10(9)8-12/h2,9-11,13H,1,3-7H2. The Morgan fingerprint density at radius 1 is 1.54 bits per heavy atom. The predicted molar refractivity (Wildman–Crippen MR) is 51.9 cm³/mol. The van der Waals surface area contributed by atoms with Crippen LogP contribution in [0.25, 0.3) is 0 Å². The Hall–Kier alpha value is -0.810. The van der Waals surface area contributed by atoms with E-state index in [9.17, 15) is 5.11 Å². The van der Waals surface area contributed by atoms with Crippen LogP contribution in [0.15, 0.2) is 12.7 Å². The molecule has 0 spiro atoms. The van der Waals surface area contributed by atoms with Gasteiger partial charge in [0.05, 0.1) is 18.1 Å². The highest BCUT2D eigenvalue weighted by atomic mass is 16.3. The number of aliphatic hydroxyl groups is 1. The smallest absolute Gasteiger partial charge is 0.0750 e. The van der Waals surface area contributed by atoms with Crippen LogP contribution in [0.2, 0.25) is 0 Å². The van der Waals surface area contributed by atoms with E-state index >= 15 is 0 Å². The zero-order chi connectivity index (χ0) is 9.68. The van der Waals surface area contributed by atoms with Crippen LogP contribution in [0, 0.1) is 23.2 Å². The Labute approximate surface area is 79.9 Å². The van der Waals surface area contributed by atoms with E-state index in [0.717, 1.165) is 32.1 Å². The SMILES string of the molecule is C=CCCC1CCCC(O)C1C#N. The lowest BCUT2D eigenvalue weighted by atomic mass is 9.76. The van der Waals surface area contributed by atoms with E-state index < -0.39 is 6.10 Å². The van der Waals surface area contributed by atoms with Gasteiger partial charge in [-0.2, -0.15) is 5.26 Å². The molecule has 1 N–H and O–H groups in total. The number of hydrogen-bond acceptors (Lipinski definition) is 2. The summed E-state index contributed by atoms with van der Waals surface area (Å²) in [5.74, 6) is 0.237. The molecule has 13 heavy (non-hydrogen) atoms. The normalized spacial score (nSPS) is 33.7. The van der Waals surface area contributed by atoms with E-state index in [2.05, 4.69) is 12.6 Å². The van der Waals surface area contributed by atoms with E-state index in [1.807, 2.05) is 6.08 Å². The fraction of sp³-hybridized carbons (Fsp3) is 0.727. The van der Waals surface area contributed by atoms with E-state index in [1.165, 1.54) is 0 Å². The number of allylic oxidation sites excluding steroid dienone is 1. The quantitative estimate of drug-likeness (QED) is 0.675. The molecule has 0 amide bonds. The number of rotatable bonds is 3. The zero-order valence-electron chi connectivity index (χ0n) is 7.95. The zero-order valence-corrected chi connectivity index (χ0v) is 7.95. The van der Waals surface area contributed by atoms with Gasteiger partial charge in [0.1, 0.15) is 0 Å². The highest BCUT2D eigenvalue weighted by Crippen LogP contribution is 2.32. The molecular formula is C11H17NO. The summed E-state index contributed by atoms with van der Waals surface area (Å²) in [7, 11) is 0. The van der Waals surface area contributed by atoms with Crippen molar-refractivity contribution in [3.8, 4) is 6.07 Å². The van der Waals surface area contributed by atoms with E-state index in [-0.39, 0.29) is 5.92 Å². The second kappa shape index (κ2) is 5.04. The van der Waals surface area contributed by atoms with Gasteiger partial charge < -0.3 is 5.11 Å². The van der Waals surface area contributed by atoms with E-state index in [0.29, 0.717) is 5.92 Å². The molecule has 0 aromatic heterocycles. The maximum atomic E-state index is 9.59. The Morgan fingerprint density at radius 2 is 2.31 bits per heavy atom. The Kier molecular flexibility index (Phi) is 3.98. The summed E-state index contributed by atoms with van der Waals surface area (Å²) in [5.41, 5.74) is 0. The molecule has 0 aromatic carbocycles. The van der Waals surface area contributed by atoms with Gasteiger partial charge in [0.25, 0.3) is 0 Å². The van der Waals surface area contributed by atoms with Gasteiger partial charge in [-0.05, 0) is 31.6 Å². The lowest BCUT2D eigenvalue weighted by molar-refractivity contribution is 0.0588. The molecule has 1 rings (SSSR count). The van der Waals surface area contributed by atoms with E-state index in [1.54, 1.807) is 0 Å². The fourth-order valence-electron chi connectivity index (χ4n) is 2.11. The van der Waals surface area contributed by atoms with Crippen LogP contribution in [0.3, 0.4) is 0 Å². The average Bonchev–Trinajstić information content (AvgIpc) is 2.15. The molecule has 72 valence electrons. The number of aliphatic hydroxyl groups excluding tert-OH is 1. The van der Waals surface area contributed by atoms with Crippen LogP contribution < -0.4 is 0 Å². The summed E-state index contributed by atoms with van der Waals surface area (Å²) in [4.78, 5) is 0. The average molecular weight is 179 g/mol. The third-order valence-corrected chi connectivity index (χ3v) is 2.89. The monoisotopic (exact) mass is 179 g/mol. The van der Waals surface area contributed by atoms with Gasteiger partial charge in [0.15, 0.2) is 0 Å². The topological polar surface area (TPSA) is 44.0 Å². The van der Waals surface area contributed by atoms with E-state index in [4.69, 9.17) is 5.26 Å². The lowest BCUT2D eigenvalue weighted by Gasteiger charge is -2.30. The molecule has 1 fully saturated rings. The van der Waals surface area contributed by atoms with Crippen LogP contribution in [0.4, 0.5) is 0 Å².